The molecule has 1 unspecified atom stereocenters. The molecule has 9 rings (SSSR count). The van der Waals surface area contributed by atoms with Crippen LogP contribution in [0.3, 0.4) is 0 Å². The van der Waals surface area contributed by atoms with E-state index in [1.165, 1.54) is 37.7 Å². The van der Waals surface area contributed by atoms with Crippen molar-refractivity contribution in [3.63, 3.8) is 0 Å². The third-order valence-corrected chi connectivity index (χ3v) is 12.2. The van der Waals surface area contributed by atoms with Crippen molar-refractivity contribution in [3.05, 3.63) is 47.5 Å². The maximum absolute atomic E-state index is 12.1. The number of aliphatic hydroxyl groups is 2. The first kappa shape index (κ1) is 21.5. The number of piperidine rings is 2. The summed E-state index contributed by atoms with van der Waals surface area (Å²) < 4.78 is 0. The quantitative estimate of drug-likeness (QED) is 0.354. The van der Waals surface area contributed by atoms with Crippen molar-refractivity contribution in [2.24, 2.45) is 35.0 Å². The number of carbonyl (C=O) groups is 1. The van der Waals surface area contributed by atoms with Crippen LogP contribution in [0.4, 0.5) is 0 Å². The first-order valence-electron chi connectivity index (χ1n) is 14.2. The zero-order chi connectivity index (χ0) is 23.7. The highest BCUT2D eigenvalue weighted by Gasteiger charge is 2.79. The van der Waals surface area contributed by atoms with Crippen molar-refractivity contribution in [2.45, 2.75) is 93.8 Å². The Bertz CT molecular complexity index is 1090. The van der Waals surface area contributed by atoms with Crippen LogP contribution in [0.15, 0.2) is 36.4 Å². The van der Waals surface area contributed by atoms with Crippen LogP contribution >= 0.6 is 0 Å². The van der Waals surface area contributed by atoms with Gasteiger partial charge in [0.05, 0.1) is 12.1 Å². The first-order valence-corrected chi connectivity index (χ1v) is 14.2. The molecule has 0 amide bonds. The molecule has 5 heteroatoms. The summed E-state index contributed by atoms with van der Waals surface area (Å²) in [5.41, 5.74) is 1.30. The van der Waals surface area contributed by atoms with E-state index in [4.69, 9.17) is 0 Å². The second-order valence-corrected chi connectivity index (χ2v) is 13.1. The van der Waals surface area contributed by atoms with Crippen LogP contribution in [-0.2, 0) is 0 Å². The fraction of sp³-hybridized carbons (Fsp3) is 0.700. The number of nitrogens with zero attached hydrogens (tertiary/aromatic N) is 1. The molecule has 186 valence electrons. The van der Waals surface area contributed by atoms with E-state index in [0.717, 1.165) is 19.1 Å². The number of nitrogens with one attached hydrogen (secondary N) is 1. The molecule has 1 aromatic rings. The molecule has 6 fully saturated rings. The van der Waals surface area contributed by atoms with E-state index in [0.29, 0.717) is 41.3 Å². The predicted octanol–water partition coefficient (Wildman–Crippen LogP) is 3.47. The molecule has 35 heavy (non-hydrogen) atoms. The monoisotopic (exact) mass is 474 g/mol. The van der Waals surface area contributed by atoms with Crippen molar-refractivity contribution in [2.75, 3.05) is 0 Å². The van der Waals surface area contributed by atoms with E-state index in [1.54, 1.807) is 0 Å². The van der Waals surface area contributed by atoms with Crippen LogP contribution in [0.5, 0.6) is 0 Å². The first-order chi connectivity index (χ1) is 17.0. The molecule has 5 nitrogen and oxygen atoms in total. The summed E-state index contributed by atoms with van der Waals surface area (Å²) in [6.07, 6.45) is 13.8. The highest BCUT2D eigenvalue weighted by Crippen LogP contribution is 2.68. The third-order valence-electron chi connectivity index (χ3n) is 12.2. The van der Waals surface area contributed by atoms with Crippen molar-refractivity contribution in [1.82, 2.24) is 10.2 Å². The van der Waals surface area contributed by atoms with E-state index < -0.39 is 5.72 Å². The maximum Gasteiger partial charge on any atom is 0.150 e. The van der Waals surface area contributed by atoms with Crippen molar-refractivity contribution in [1.29, 1.82) is 0 Å². The Hall–Kier alpha value is -1.53. The minimum Gasteiger partial charge on any atom is -0.392 e. The molecule has 3 saturated carbocycles. The number of hydrogen-bond donors (Lipinski definition) is 3. The van der Waals surface area contributed by atoms with Crippen molar-refractivity contribution in [3.8, 4) is 0 Å². The summed E-state index contributed by atoms with van der Waals surface area (Å²) in [6.45, 7) is 2.29. The molecule has 0 aromatic heterocycles. The fourth-order valence-electron chi connectivity index (χ4n) is 10.9. The smallest absolute Gasteiger partial charge is 0.150 e. The minimum atomic E-state index is -0.732. The Labute approximate surface area is 208 Å². The molecule has 3 saturated heterocycles. The zero-order valence-electron chi connectivity index (χ0n) is 20.6. The Morgan fingerprint density at radius 1 is 1.14 bits per heavy atom. The molecule has 8 aliphatic rings. The molecule has 0 radical (unpaired) electrons. The fourth-order valence-corrected chi connectivity index (χ4v) is 10.9. The molecule has 4 heterocycles. The predicted molar refractivity (Wildman–Crippen MR) is 133 cm³/mol. The van der Waals surface area contributed by atoms with Gasteiger partial charge in [0.15, 0.2) is 0 Å². The second kappa shape index (κ2) is 7.06. The summed E-state index contributed by atoms with van der Waals surface area (Å²) in [5, 5.41) is 27.6. The van der Waals surface area contributed by atoms with Gasteiger partial charge in [0.2, 0.25) is 0 Å². The van der Waals surface area contributed by atoms with Gasteiger partial charge in [-0.2, -0.15) is 0 Å². The average Bonchev–Trinajstić information content (AvgIpc) is 3.13. The SMILES string of the molecule is C[C@H](c1ccc(C=O)cc1)[C@H]1[C@@H]2C=C[C@@H]3N1[C@]3(O)[C@H]2[C@H]1C[C@H]2CC[C@H]3CCC[C@]34[C@@H](O)C[C@H]2[C@@H]4N1. The van der Waals surface area contributed by atoms with Crippen molar-refractivity contribution < 1.29 is 15.0 Å². The number of hydrogen-bond acceptors (Lipinski definition) is 5. The van der Waals surface area contributed by atoms with Crippen LogP contribution < -0.4 is 5.32 Å². The highest BCUT2D eigenvalue weighted by molar-refractivity contribution is 5.74. The molecular formula is C30H38N2O3. The third kappa shape index (κ3) is 2.52. The topological polar surface area (TPSA) is 72.6 Å². The Balaban J connectivity index is 1.13. The normalized spacial score (nSPS) is 55.3. The average molecular weight is 475 g/mol. The van der Waals surface area contributed by atoms with Gasteiger partial charge in [0.1, 0.15) is 12.0 Å². The lowest BCUT2D eigenvalue weighted by Gasteiger charge is -2.48. The molecule has 4 aliphatic heterocycles. The number of carbonyl (C=O) groups excluding carboxylic acids is 1. The lowest BCUT2D eigenvalue weighted by Crippen LogP contribution is -2.61. The Morgan fingerprint density at radius 2 is 1.97 bits per heavy atom. The number of aliphatic hydroxyl groups excluding tert-OH is 1. The second-order valence-electron chi connectivity index (χ2n) is 13.1. The molecule has 8 bridgehead atoms. The maximum atomic E-state index is 12.1. The summed E-state index contributed by atoms with van der Waals surface area (Å²) in [7, 11) is 0. The summed E-state index contributed by atoms with van der Waals surface area (Å²) >= 11 is 0. The lowest BCUT2D eigenvalue weighted by molar-refractivity contribution is -0.0164. The van der Waals surface area contributed by atoms with Crippen molar-refractivity contribution >= 4 is 6.29 Å². The van der Waals surface area contributed by atoms with E-state index >= 15 is 0 Å². The zero-order valence-corrected chi connectivity index (χ0v) is 20.6. The van der Waals surface area contributed by atoms with Gasteiger partial charge >= 0.3 is 0 Å². The van der Waals surface area contributed by atoms with Crippen LogP contribution in [0.1, 0.15) is 73.7 Å². The largest absolute Gasteiger partial charge is 0.392 e. The van der Waals surface area contributed by atoms with Crippen LogP contribution in [-0.4, -0.2) is 57.4 Å². The molecular weight excluding hydrogens is 436 g/mol. The molecule has 14 atom stereocenters. The van der Waals surface area contributed by atoms with Gasteiger partial charge < -0.3 is 15.5 Å². The van der Waals surface area contributed by atoms with Gasteiger partial charge in [-0.3, -0.25) is 9.69 Å². The van der Waals surface area contributed by atoms with Crippen LogP contribution in [0.2, 0.25) is 0 Å². The van der Waals surface area contributed by atoms with Gasteiger partial charge in [0.25, 0.3) is 0 Å². The van der Waals surface area contributed by atoms with Crippen LogP contribution in [0.25, 0.3) is 0 Å². The molecule has 4 aliphatic carbocycles. The molecule has 1 aromatic carbocycles. The van der Waals surface area contributed by atoms with Gasteiger partial charge in [-0.1, -0.05) is 49.8 Å². The van der Waals surface area contributed by atoms with Gasteiger partial charge in [-0.15, -0.1) is 0 Å². The minimum absolute atomic E-state index is 0.0738. The Kier molecular flexibility index (Phi) is 4.35. The number of aldehydes is 1. The summed E-state index contributed by atoms with van der Waals surface area (Å²) in [6, 6.07) is 9.16. The summed E-state index contributed by atoms with van der Waals surface area (Å²) in [4.78, 5) is 13.5. The summed E-state index contributed by atoms with van der Waals surface area (Å²) in [5.74, 6) is 2.77. The van der Waals surface area contributed by atoms with Crippen LogP contribution in [0, 0.1) is 35.0 Å². The highest BCUT2D eigenvalue weighted by atomic mass is 16.3. The number of rotatable bonds is 4. The lowest BCUT2D eigenvalue weighted by atomic mass is 9.65. The number of benzene rings is 1. The Morgan fingerprint density at radius 3 is 2.77 bits per heavy atom. The van der Waals surface area contributed by atoms with Gasteiger partial charge in [0, 0.05) is 40.9 Å². The van der Waals surface area contributed by atoms with Gasteiger partial charge in [-0.25, -0.2) is 0 Å². The van der Waals surface area contributed by atoms with E-state index in [1.807, 2.05) is 12.1 Å². The standard InChI is InChI=1S/C30H38N2O3/c1-16(18-6-4-17(15-33)5-7-18)27-21-10-11-24-30(35,32(24)27)26(21)23-13-19-8-9-20-3-2-12-29(20)25(34)14-22(19)28(29)31-23/h4-7,10-11,15-16,19-28,31,34-35H,2-3,8-9,12-14H2,1H3/t16-,19-,20-,21-,22-,23-,24+,25+,26-,27+,28+,29-,30-,32?/m1/s1. The molecule has 3 N–H and O–H groups in total. The van der Waals surface area contributed by atoms with E-state index in [9.17, 15) is 15.0 Å². The molecule has 1 spiro atoms. The van der Waals surface area contributed by atoms with E-state index in [-0.39, 0.29) is 35.4 Å². The van der Waals surface area contributed by atoms with E-state index in [2.05, 4.69) is 41.4 Å². The van der Waals surface area contributed by atoms with Gasteiger partial charge in [-0.05, 0) is 67.8 Å².